The van der Waals surface area contributed by atoms with Gasteiger partial charge in [-0.2, -0.15) is 0 Å². The van der Waals surface area contributed by atoms with Crippen LogP contribution in [0.1, 0.15) is 23.3 Å². The number of anilines is 1. The molecule has 1 N–H and O–H groups in total. The van der Waals surface area contributed by atoms with Crippen LogP contribution >= 0.6 is 11.3 Å². The van der Waals surface area contributed by atoms with Crippen molar-refractivity contribution in [2.45, 2.75) is 26.7 Å². The van der Waals surface area contributed by atoms with E-state index in [1.165, 1.54) is 17.7 Å². The van der Waals surface area contributed by atoms with Crippen LogP contribution in [0.25, 0.3) is 10.2 Å². The van der Waals surface area contributed by atoms with E-state index >= 15 is 0 Å². The topological polar surface area (TPSA) is 49.0 Å². The largest absolute Gasteiger partial charge is 0.342 e. The van der Waals surface area contributed by atoms with Crippen molar-refractivity contribution in [1.29, 1.82) is 0 Å². The van der Waals surface area contributed by atoms with Crippen LogP contribution in [0.15, 0.2) is 4.79 Å². The van der Waals surface area contributed by atoms with Gasteiger partial charge in [-0.05, 0) is 32.3 Å². The van der Waals surface area contributed by atoms with E-state index in [-0.39, 0.29) is 5.56 Å². The number of aromatic amines is 1. The Bertz CT molecular complexity index is 622. The molecule has 3 rings (SSSR count). The quantitative estimate of drug-likeness (QED) is 0.843. The fraction of sp³-hybridized carbons (Fsp3) is 0.500. The second-order valence-corrected chi connectivity index (χ2v) is 5.75. The van der Waals surface area contributed by atoms with Crippen LogP contribution in [-0.4, -0.2) is 23.1 Å². The summed E-state index contributed by atoms with van der Waals surface area (Å²) in [4.78, 5) is 23.8. The van der Waals surface area contributed by atoms with Crippen molar-refractivity contribution in [3.63, 3.8) is 0 Å². The summed E-state index contributed by atoms with van der Waals surface area (Å²) in [6.45, 7) is 6.02. The molecule has 0 aliphatic carbocycles. The molecule has 0 unspecified atom stereocenters. The van der Waals surface area contributed by atoms with Gasteiger partial charge in [-0.25, -0.2) is 4.98 Å². The maximum absolute atomic E-state index is 12.1. The SMILES string of the molecule is Cc1sc2nc(N3CCCC3)[nH]c(=O)c2c1C. The molecule has 0 radical (unpaired) electrons. The molecule has 1 aliphatic heterocycles. The molecule has 0 bridgehead atoms. The van der Waals surface area contributed by atoms with Crippen molar-refractivity contribution in [2.75, 3.05) is 18.0 Å². The number of aryl methyl sites for hydroxylation is 2. The number of aromatic nitrogens is 2. The summed E-state index contributed by atoms with van der Waals surface area (Å²) in [7, 11) is 0. The van der Waals surface area contributed by atoms with Crippen LogP contribution in [-0.2, 0) is 0 Å². The van der Waals surface area contributed by atoms with E-state index in [0.717, 1.165) is 34.8 Å². The van der Waals surface area contributed by atoms with E-state index in [2.05, 4.69) is 14.9 Å². The number of nitrogens with one attached hydrogen (secondary N) is 1. The Morgan fingerprint density at radius 2 is 2.00 bits per heavy atom. The zero-order chi connectivity index (χ0) is 12.0. The minimum atomic E-state index is -0.00116. The first kappa shape index (κ1) is 10.8. The van der Waals surface area contributed by atoms with Gasteiger partial charge in [-0.1, -0.05) is 0 Å². The van der Waals surface area contributed by atoms with Crippen molar-refractivity contribution < 1.29 is 0 Å². The Morgan fingerprint density at radius 3 is 2.71 bits per heavy atom. The molecule has 1 aliphatic rings. The van der Waals surface area contributed by atoms with E-state index in [4.69, 9.17) is 0 Å². The molecular weight excluding hydrogens is 234 g/mol. The molecule has 2 aromatic heterocycles. The second kappa shape index (κ2) is 3.84. The predicted molar refractivity (Wildman–Crippen MR) is 71.2 cm³/mol. The maximum atomic E-state index is 12.1. The standard InChI is InChI=1S/C12H15N3OS/c1-7-8(2)17-11-9(7)10(16)13-12(14-11)15-5-3-4-6-15/h3-6H2,1-2H3,(H,13,14,16). The molecule has 17 heavy (non-hydrogen) atoms. The zero-order valence-electron chi connectivity index (χ0n) is 10.0. The Balaban J connectivity index is 2.20. The van der Waals surface area contributed by atoms with E-state index in [0.29, 0.717) is 0 Å². The highest BCUT2D eigenvalue weighted by atomic mass is 32.1. The third-order valence-corrected chi connectivity index (χ3v) is 4.53. The molecule has 90 valence electrons. The molecule has 2 aromatic rings. The highest BCUT2D eigenvalue weighted by molar-refractivity contribution is 7.18. The normalized spacial score (nSPS) is 16.0. The van der Waals surface area contributed by atoms with Gasteiger partial charge in [0.1, 0.15) is 4.83 Å². The number of hydrogen-bond donors (Lipinski definition) is 1. The number of hydrogen-bond acceptors (Lipinski definition) is 4. The van der Waals surface area contributed by atoms with Crippen LogP contribution in [0.4, 0.5) is 5.95 Å². The van der Waals surface area contributed by atoms with Crippen molar-refractivity contribution in [3.8, 4) is 0 Å². The van der Waals surface area contributed by atoms with Gasteiger partial charge >= 0.3 is 0 Å². The summed E-state index contributed by atoms with van der Waals surface area (Å²) in [6, 6.07) is 0. The van der Waals surface area contributed by atoms with E-state index < -0.39 is 0 Å². The van der Waals surface area contributed by atoms with E-state index in [1.54, 1.807) is 11.3 Å². The number of thiophene rings is 1. The predicted octanol–water partition coefficient (Wildman–Crippen LogP) is 2.20. The molecule has 0 atom stereocenters. The number of nitrogens with zero attached hydrogens (tertiary/aromatic N) is 2. The first-order valence-corrected chi connectivity index (χ1v) is 6.73. The van der Waals surface area contributed by atoms with Crippen molar-refractivity contribution in [2.24, 2.45) is 0 Å². The second-order valence-electron chi connectivity index (χ2n) is 4.55. The first-order chi connectivity index (χ1) is 8.16. The molecule has 0 amide bonds. The molecular formula is C12H15N3OS. The van der Waals surface area contributed by atoms with Crippen molar-refractivity contribution in [3.05, 3.63) is 20.8 Å². The van der Waals surface area contributed by atoms with Crippen molar-refractivity contribution >= 4 is 27.5 Å². The zero-order valence-corrected chi connectivity index (χ0v) is 10.9. The van der Waals surface area contributed by atoms with E-state index in [9.17, 15) is 4.79 Å². The number of H-pyrrole nitrogens is 1. The molecule has 0 aromatic carbocycles. The Morgan fingerprint density at radius 1 is 1.29 bits per heavy atom. The van der Waals surface area contributed by atoms with E-state index in [1.807, 2.05) is 13.8 Å². The summed E-state index contributed by atoms with van der Waals surface area (Å²) in [6.07, 6.45) is 2.37. The fourth-order valence-corrected chi connectivity index (χ4v) is 3.35. The number of rotatable bonds is 1. The lowest BCUT2D eigenvalue weighted by molar-refractivity contribution is 0.902. The van der Waals surface area contributed by atoms with Gasteiger partial charge in [0.05, 0.1) is 5.39 Å². The minimum Gasteiger partial charge on any atom is -0.342 e. The molecule has 0 saturated carbocycles. The van der Waals surface area contributed by atoms with Crippen LogP contribution < -0.4 is 10.5 Å². The van der Waals surface area contributed by atoms with Gasteiger partial charge in [0.25, 0.3) is 5.56 Å². The monoisotopic (exact) mass is 249 g/mol. The van der Waals surface area contributed by atoms with Gasteiger partial charge in [-0.15, -0.1) is 11.3 Å². The summed E-state index contributed by atoms with van der Waals surface area (Å²) in [5, 5.41) is 0.760. The van der Waals surface area contributed by atoms with Crippen LogP contribution in [0, 0.1) is 13.8 Å². The average molecular weight is 249 g/mol. The third kappa shape index (κ3) is 1.65. The summed E-state index contributed by atoms with van der Waals surface area (Å²) in [5.74, 6) is 0.737. The fourth-order valence-electron chi connectivity index (χ4n) is 2.32. The lowest BCUT2D eigenvalue weighted by Gasteiger charge is -2.14. The lowest BCUT2D eigenvalue weighted by Crippen LogP contribution is -2.23. The van der Waals surface area contributed by atoms with Gasteiger partial charge in [0, 0.05) is 18.0 Å². The minimum absolute atomic E-state index is 0.00116. The summed E-state index contributed by atoms with van der Waals surface area (Å²) < 4.78 is 0. The number of fused-ring (bicyclic) bond motifs is 1. The molecule has 4 nitrogen and oxygen atoms in total. The van der Waals surface area contributed by atoms with Gasteiger partial charge in [-0.3, -0.25) is 9.78 Å². The third-order valence-electron chi connectivity index (χ3n) is 3.43. The molecule has 1 fully saturated rings. The summed E-state index contributed by atoms with van der Waals surface area (Å²) in [5.41, 5.74) is 1.06. The van der Waals surface area contributed by atoms with Gasteiger partial charge < -0.3 is 4.90 Å². The molecule has 3 heterocycles. The van der Waals surface area contributed by atoms with Crippen LogP contribution in [0.3, 0.4) is 0 Å². The first-order valence-electron chi connectivity index (χ1n) is 5.92. The van der Waals surface area contributed by atoms with Crippen LogP contribution in [0.5, 0.6) is 0 Å². The lowest BCUT2D eigenvalue weighted by atomic mass is 10.2. The summed E-state index contributed by atoms with van der Waals surface area (Å²) >= 11 is 1.61. The van der Waals surface area contributed by atoms with Gasteiger partial charge in [0.2, 0.25) is 5.95 Å². The Kier molecular flexibility index (Phi) is 2.43. The van der Waals surface area contributed by atoms with Gasteiger partial charge in [0.15, 0.2) is 0 Å². The highest BCUT2D eigenvalue weighted by Crippen LogP contribution is 2.27. The highest BCUT2D eigenvalue weighted by Gasteiger charge is 2.17. The van der Waals surface area contributed by atoms with Crippen LogP contribution in [0.2, 0.25) is 0 Å². The molecule has 5 heteroatoms. The Hall–Kier alpha value is -1.36. The average Bonchev–Trinajstić information content (AvgIpc) is 2.88. The van der Waals surface area contributed by atoms with Crippen molar-refractivity contribution in [1.82, 2.24) is 9.97 Å². The molecule has 0 spiro atoms. The maximum Gasteiger partial charge on any atom is 0.261 e. The Labute approximate surface area is 103 Å². The molecule has 1 saturated heterocycles. The smallest absolute Gasteiger partial charge is 0.261 e.